The summed E-state index contributed by atoms with van der Waals surface area (Å²) in [5.74, 6) is -0.203. The average molecular weight is 296 g/mol. The molecular formula is C17H12O3S. The van der Waals surface area contributed by atoms with Crippen molar-refractivity contribution in [3.63, 3.8) is 0 Å². The van der Waals surface area contributed by atoms with E-state index in [0.29, 0.717) is 16.2 Å². The summed E-state index contributed by atoms with van der Waals surface area (Å²) in [6.07, 6.45) is 0. The van der Waals surface area contributed by atoms with Gasteiger partial charge in [-0.25, -0.2) is 4.79 Å². The molecule has 0 spiro atoms. The zero-order valence-corrected chi connectivity index (χ0v) is 12.1. The van der Waals surface area contributed by atoms with Gasteiger partial charge < -0.3 is 4.74 Å². The van der Waals surface area contributed by atoms with E-state index in [9.17, 15) is 9.59 Å². The van der Waals surface area contributed by atoms with Crippen LogP contribution < -0.4 is 4.74 Å². The summed E-state index contributed by atoms with van der Waals surface area (Å²) >= 11 is 1.34. The van der Waals surface area contributed by atoms with Crippen molar-refractivity contribution in [1.82, 2.24) is 0 Å². The molecule has 0 aliphatic carbocycles. The van der Waals surface area contributed by atoms with Crippen molar-refractivity contribution >= 4 is 33.2 Å². The summed E-state index contributed by atoms with van der Waals surface area (Å²) in [6, 6.07) is 16.3. The smallest absolute Gasteiger partial charge is 0.343 e. The molecule has 0 amide bonds. The van der Waals surface area contributed by atoms with E-state index >= 15 is 0 Å². The lowest BCUT2D eigenvalue weighted by atomic mass is 10.2. The van der Waals surface area contributed by atoms with E-state index in [-0.39, 0.29) is 5.78 Å². The van der Waals surface area contributed by atoms with E-state index in [0.717, 1.165) is 10.1 Å². The van der Waals surface area contributed by atoms with E-state index < -0.39 is 5.97 Å². The molecule has 0 bridgehead atoms. The normalized spacial score (nSPS) is 10.5. The first-order valence-corrected chi connectivity index (χ1v) is 7.28. The topological polar surface area (TPSA) is 43.4 Å². The number of ether oxygens (including phenoxy) is 1. The lowest BCUT2D eigenvalue weighted by molar-refractivity contribution is 0.0736. The van der Waals surface area contributed by atoms with Crippen molar-refractivity contribution in [2.24, 2.45) is 0 Å². The Morgan fingerprint density at radius 2 is 1.62 bits per heavy atom. The highest BCUT2D eigenvalue weighted by Crippen LogP contribution is 2.38. The van der Waals surface area contributed by atoms with Crippen LogP contribution in [-0.4, -0.2) is 11.8 Å². The Morgan fingerprint density at radius 3 is 2.33 bits per heavy atom. The maximum absolute atomic E-state index is 12.2. The third-order valence-electron chi connectivity index (χ3n) is 3.07. The van der Waals surface area contributed by atoms with Gasteiger partial charge in [-0.05, 0) is 24.3 Å². The second-order valence-corrected chi connectivity index (χ2v) is 5.62. The molecule has 0 unspecified atom stereocenters. The molecule has 2 aromatic carbocycles. The fourth-order valence-corrected chi connectivity index (χ4v) is 3.11. The summed E-state index contributed by atoms with van der Waals surface area (Å²) in [7, 11) is 0. The van der Waals surface area contributed by atoms with Crippen molar-refractivity contribution in [2.45, 2.75) is 6.92 Å². The summed E-state index contributed by atoms with van der Waals surface area (Å²) in [5, 5.41) is 0.789. The van der Waals surface area contributed by atoms with Crippen molar-refractivity contribution in [3.8, 4) is 5.75 Å². The number of rotatable bonds is 3. The molecule has 3 aromatic rings. The number of carbonyl (C=O) groups is 2. The third-order valence-corrected chi connectivity index (χ3v) is 4.33. The molecule has 1 aromatic heterocycles. The Bertz CT molecular complexity index is 818. The molecule has 4 heteroatoms. The highest BCUT2D eigenvalue weighted by Gasteiger charge is 2.20. The fourth-order valence-electron chi connectivity index (χ4n) is 2.08. The number of hydrogen-bond donors (Lipinski definition) is 0. The number of benzene rings is 2. The average Bonchev–Trinajstić information content (AvgIpc) is 2.87. The van der Waals surface area contributed by atoms with E-state index in [1.807, 2.05) is 30.3 Å². The van der Waals surface area contributed by atoms with Gasteiger partial charge in [0.2, 0.25) is 0 Å². The molecule has 3 nitrogen and oxygen atoms in total. The van der Waals surface area contributed by atoms with Crippen LogP contribution in [0, 0.1) is 0 Å². The van der Waals surface area contributed by atoms with Gasteiger partial charge in [-0.1, -0.05) is 30.3 Å². The minimum atomic E-state index is -0.457. The number of hydrogen-bond acceptors (Lipinski definition) is 4. The minimum absolute atomic E-state index is 0.105. The number of ketones is 1. The Balaban J connectivity index is 2.05. The predicted octanol–water partition coefficient (Wildman–Crippen LogP) is 4.32. The number of thiophene rings is 1. The van der Waals surface area contributed by atoms with Crippen LogP contribution in [0.3, 0.4) is 0 Å². The van der Waals surface area contributed by atoms with Gasteiger partial charge in [-0.15, -0.1) is 11.3 Å². The molecule has 0 fully saturated rings. The third kappa shape index (κ3) is 2.58. The van der Waals surface area contributed by atoms with Gasteiger partial charge in [0.25, 0.3) is 0 Å². The van der Waals surface area contributed by atoms with Crippen molar-refractivity contribution in [2.75, 3.05) is 0 Å². The molecule has 104 valence electrons. The zero-order chi connectivity index (χ0) is 14.8. The first kappa shape index (κ1) is 13.5. The summed E-state index contributed by atoms with van der Waals surface area (Å²) in [5.41, 5.74) is 0.460. The van der Waals surface area contributed by atoms with Crippen LogP contribution in [0.25, 0.3) is 10.1 Å². The van der Waals surface area contributed by atoms with Gasteiger partial charge >= 0.3 is 5.97 Å². The molecule has 0 N–H and O–H groups in total. The molecule has 0 radical (unpaired) electrons. The quantitative estimate of drug-likeness (QED) is 0.534. The van der Waals surface area contributed by atoms with Crippen LogP contribution >= 0.6 is 11.3 Å². The van der Waals surface area contributed by atoms with Crippen LogP contribution in [0.4, 0.5) is 0 Å². The number of carbonyl (C=O) groups excluding carboxylic acids is 2. The molecule has 1 heterocycles. The van der Waals surface area contributed by atoms with Crippen LogP contribution in [0.15, 0.2) is 54.6 Å². The lowest BCUT2D eigenvalue weighted by Gasteiger charge is -2.05. The Labute approximate surface area is 125 Å². The van der Waals surface area contributed by atoms with Crippen LogP contribution in [0.2, 0.25) is 0 Å². The number of Topliss-reactive ketones (excluding diaryl/α,β-unsaturated/α-hetero) is 1. The van der Waals surface area contributed by atoms with E-state index in [1.165, 1.54) is 18.3 Å². The summed E-state index contributed by atoms with van der Waals surface area (Å²) in [6.45, 7) is 1.48. The van der Waals surface area contributed by atoms with Crippen LogP contribution in [0.1, 0.15) is 27.0 Å². The molecule has 0 atom stereocenters. The van der Waals surface area contributed by atoms with Gasteiger partial charge in [0, 0.05) is 17.0 Å². The van der Waals surface area contributed by atoms with E-state index in [1.54, 1.807) is 24.3 Å². The predicted molar refractivity (Wildman–Crippen MR) is 83.2 cm³/mol. The number of fused-ring (bicyclic) bond motifs is 1. The maximum atomic E-state index is 12.2. The summed E-state index contributed by atoms with van der Waals surface area (Å²) in [4.78, 5) is 24.4. The maximum Gasteiger partial charge on any atom is 0.343 e. The molecular weight excluding hydrogens is 284 g/mol. The first-order chi connectivity index (χ1) is 10.2. The lowest BCUT2D eigenvalue weighted by Crippen LogP contribution is -2.09. The van der Waals surface area contributed by atoms with Gasteiger partial charge in [-0.2, -0.15) is 0 Å². The van der Waals surface area contributed by atoms with Crippen molar-refractivity contribution in [3.05, 3.63) is 65.0 Å². The molecule has 0 saturated heterocycles. The van der Waals surface area contributed by atoms with E-state index in [2.05, 4.69) is 0 Å². The van der Waals surface area contributed by atoms with Gasteiger partial charge in [0.05, 0.1) is 5.56 Å². The molecule has 0 saturated carbocycles. The van der Waals surface area contributed by atoms with Gasteiger partial charge in [0.1, 0.15) is 4.88 Å². The van der Waals surface area contributed by atoms with Gasteiger partial charge in [-0.3, -0.25) is 4.79 Å². The van der Waals surface area contributed by atoms with Crippen LogP contribution in [-0.2, 0) is 0 Å². The molecule has 0 aliphatic rings. The van der Waals surface area contributed by atoms with Crippen molar-refractivity contribution in [1.29, 1.82) is 0 Å². The van der Waals surface area contributed by atoms with Crippen molar-refractivity contribution < 1.29 is 14.3 Å². The molecule has 3 rings (SSSR count). The first-order valence-electron chi connectivity index (χ1n) is 6.46. The largest absolute Gasteiger partial charge is 0.421 e. The Kier molecular flexibility index (Phi) is 3.54. The standard InChI is InChI=1S/C17H12O3S/c1-11(18)16-15(13-9-5-6-10-14(13)21-16)20-17(19)12-7-3-2-4-8-12/h2-10H,1H3. The van der Waals surface area contributed by atoms with E-state index in [4.69, 9.17) is 4.74 Å². The van der Waals surface area contributed by atoms with Crippen LogP contribution in [0.5, 0.6) is 5.75 Å². The zero-order valence-electron chi connectivity index (χ0n) is 11.3. The number of esters is 1. The second-order valence-electron chi connectivity index (χ2n) is 4.57. The fraction of sp³-hybridized carbons (Fsp3) is 0.0588. The highest BCUT2D eigenvalue weighted by atomic mass is 32.1. The SMILES string of the molecule is CC(=O)c1sc2ccccc2c1OC(=O)c1ccccc1. The highest BCUT2D eigenvalue weighted by molar-refractivity contribution is 7.21. The van der Waals surface area contributed by atoms with Gasteiger partial charge in [0.15, 0.2) is 11.5 Å². The second kappa shape index (κ2) is 5.50. The molecule has 0 aliphatic heterocycles. The summed E-state index contributed by atoms with van der Waals surface area (Å²) < 4.78 is 6.43. The molecule has 21 heavy (non-hydrogen) atoms. The monoisotopic (exact) mass is 296 g/mol. The Hall–Kier alpha value is -2.46. The Morgan fingerprint density at radius 1 is 0.952 bits per heavy atom. The minimum Gasteiger partial charge on any atom is -0.421 e.